The van der Waals surface area contributed by atoms with E-state index in [1.807, 2.05) is 18.2 Å². The standard InChI is InChI=1S/C19H21NO4/c1-21-15-6-4-11(7-16(15)22-2)13-5-3-12-8-17-18(24-10-23-17)9-14(12)19(13)20/h4,6-9,13,19H,3,5,10,20H2,1-2H3. The van der Waals surface area contributed by atoms with Crippen molar-refractivity contribution < 1.29 is 18.9 Å². The SMILES string of the molecule is COc1ccc(C2CCc3cc4c(cc3C2N)OCO4)cc1OC. The Morgan fingerprint density at radius 3 is 2.50 bits per heavy atom. The molecule has 2 atom stereocenters. The predicted octanol–water partition coefficient (Wildman–Crippen LogP) is 3.16. The van der Waals surface area contributed by atoms with Gasteiger partial charge in [-0.3, -0.25) is 0 Å². The number of nitrogens with two attached hydrogens (primary N) is 1. The first-order valence-electron chi connectivity index (χ1n) is 8.11. The number of ether oxygens (including phenoxy) is 4. The van der Waals surface area contributed by atoms with E-state index in [2.05, 4.69) is 12.1 Å². The minimum absolute atomic E-state index is 0.0821. The molecule has 1 aliphatic heterocycles. The van der Waals surface area contributed by atoms with Gasteiger partial charge in [-0.15, -0.1) is 0 Å². The number of hydrogen-bond donors (Lipinski definition) is 1. The molecular formula is C19H21NO4. The third-order valence-electron chi connectivity index (χ3n) is 4.99. The molecule has 0 amide bonds. The van der Waals surface area contributed by atoms with Crippen molar-refractivity contribution in [3.05, 3.63) is 47.0 Å². The van der Waals surface area contributed by atoms with E-state index in [4.69, 9.17) is 24.7 Å². The van der Waals surface area contributed by atoms with Crippen molar-refractivity contribution in [1.29, 1.82) is 0 Å². The number of hydrogen-bond acceptors (Lipinski definition) is 5. The van der Waals surface area contributed by atoms with Gasteiger partial charge in [-0.05, 0) is 53.8 Å². The molecule has 2 aromatic rings. The van der Waals surface area contributed by atoms with E-state index in [1.165, 1.54) is 11.1 Å². The van der Waals surface area contributed by atoms with E-state index in [9.17, 15) is 0 Å². The third-order valence-corrected chi connectivity index (χ3v) is 4.99. The fourth-order valence-electron chi connectivity index (χ4n) is 3.69. The second-order valence-corrected chi connectivity index (χ2v) is 6.19. The van der Waals surface area contributed by atoms with Crippen LogP contribution in [0.3, 0.4) is 0 Å². The van der Waals surface area contributed by atoms with Gasteiger partial charge < -0.3 is 24.7 Å². The highest BCUT2D eigenvalue weighted by Crippen LogP contribution is 2.45. The summed E-state index contributed by atoms with van der Waals surface area (Å²) in [5.74, 6) is 3.31. The average Bonchev–Trinajstić information content (AvgIpc) is 3.07. The molecule has 1 heterocycles. The molecule has 0 saturated carbocycles. The number of fused-ring (bicyclic) bond motifs is 2. The van der Waals surface area contributed by atoms with E-state index < -0.39 is 0 Å². The van der Waals surface area contributed by atoms with Crippen LogP contribution in [0.5, 0.6) is 23.0 Å². The fourth-order valence-corrected chi connectivity index (χ4v) is 3.69. The molecule has 1 aliphatic carbocycles. The van der Waals surface area contributed by atoms with Gasteiger partial charge in [0.1, 0.15) is 0 Å². The Morgan fingerprint density at radius 1 is 1.00 bits per heavy atom. The monoisotopic (exact) mass is 327 g/mol. The lowest BCUT2D eigenvalue weighted by Crippen LogP contribution is -2.25. The molecule has 24 heavy (non-hydrogen) atoms. The second-order valence-electron chi connectivity index (χ2n) is 6.19. The van der Waals surface area contributed by atoms with E-state index in [0.717, 1.165) is 41.4 Å². The van der Waals surface area contributed by atoms with Crippen molar-refractivity contribution in [2.45, 2.75) is 24.8 Å². The maximum absolute atomic E-state index is 6.61. The van der Waals surface area contributed by atoms with Crippen molar-refractivity contribution in [1.82, 2.24) is 0 Å². The minimum Gasteiger partial charge on any atom is -0.493 e. The Kier molecular flexibility index (Phi) is 3.73. The number of rotatable bonds is 3. The number of benzene rings is 2. The van der Waals surface area contributed by atoms with Crippen LogP contribution in [0.4, 0.5) is 0 Å². The molecule has 0 bridgehead atoms. The Bertz CT molecular complexity index is 774. The summed E-state index contributed by atoms with van der Waals surface area (Å²) in [4.78, 5) is 0. The second kappa shape index (κ2) is 5.91. The molecule has 0 spiro atoms. The average molecular weight is 327 g/mol. The van der Waals surface area contributed by atoms with Crippen LogP contribution in [-0.4, -0.2) is 21.0 Å². The van der Waals surface area contributed by atoms with Crippen molar-refractivity contribution in [3.63, 3.8) is 0 Å². The summed E-state index contributed by atoms with van der Waals surface area (Å²) >= 11 is 0. The van der Waals surface area contributed by atoms with Gasteiger partial charge in [-0.2, -0.15) is 0 Å². The minimum atomic E-state index is -0.0821. The topological polar surface area (TPSA) is 62.9 Å². The smallest absolute Gasteiger partial charge is 0.231 e. The molecule has 2 aliphatic rings. The highest BCUT2D eigenvalue weighted by Gasteiger charge is 2.31. The Hall–Kier alpha value is -2.40. The van der Waals surface area contributed by atoms with E-state index >= 15 is 0 Å². The van der Waals surface area contributed by atoms with Crippen LogP contribution in [0.25, 0.3) is 0 Å². The van der Waals surface area contributed by atoms with Crippen molar-refractivity contribution in [3.8, 4) is 23.0 Å². The molecule has 2 N–H and O–H groups in total. The summed E-state index contributed by atoms with van der Waals surface area (Å²) in [5.41, 5.74) is 10.2. The van der Waals surface area contributed by atoms with Gasteiger partial charge >= 0.3 is 0 Å². The zero-order valence-electron chi connectivity index (χ0n) is 13.9. The third kappa shape index (κ3) is 2.36. The summed E-state index contributed by atoms with van der Waals surface area (Å²) in [6.45, 7) is 0.284. The maximum atomic E-state index is 6.61. The molecule has 5 heteroatoms. The lowest BCUT2D eigenvalue weighted by atomic mass is 9.76. The summed E-state index contributed by atoms with van der Waals surface area (Å²) in [5, 5.41) is 0. The first-order chi connectivity index (χ1) is 11.7. The van der Waals surface area contributed by atoms with Gasteiger partial charge in [0.25, 0.3) is 0 Å². The molecule has 2 aromatic carbocycles. The zero-order valence-corrected chi connectivity index (χ0v) is 13.9. The molecule has 0 radical (unpaired) electrons. The quantitative estimate of drug-likeness (QED) is 0.938. The van der Waals surface area contributed by atoms with Gasteiger partial charge in [0, 0.05) is 12.0 Å². The Balaban J connectivity index is 1.69. The molecule has 126 valence electrons. The highest BCUT2D eigenvalue weighted by atomic mass is 16.7. The van der Waals surface area contributed by atoms with Crippen molar-refractivity contribution in [2.24, 2.45) is 5.73 Å². The van der Waals surface area contributed by atoms with Crippen LogP contribution in [-0.2, 0) is 6.42 Å². The Labute approximate surface area is 141 Å². The molecular weight excluding hydrogens is 306 g/mol. The van der Waals surface area contributed by atoms with Gasteiger partial charge in [0.2, 0.25) is 6.79 Å². The zero-order chi connectivity index (χ0) is 16.7. The summed E-state index contributed by atoms with van der Waals surface area (Å²) in [7, 11) is 3.29. The van der Waals surface area contributed by atoms with Crippen molar-refractivity contribution in [2.75, 3.05) is 21.0 Å². The van der Waals surface area contributed by atoms with Crippen molar-refractivity contribution >= 4 is 0 Å². The van der Waals surface area contributed by atoms with Crippen LogP contribution in [0.2, 0.25) is 0 Å². The van der Waals surface area contributed by atoms with E-state index in [1.54, 1.807) is 14.2 Å². The fraction of sp³-hybridized carbons (Fsp3) is 0.368. The Morgan fingerprint density at radius 2 is 1.75 bits per heavy atom. The molecule has 0 fully saturated rings. The van der Waals surface area contributed by atoms with Gasteiger partial charge in [-0.1, -0.05) is 6.07 Å². The molecule has 2 unspecified atom stereocenters. The molecule has 4 rings (SSSR count). The van der Waals surface area contributed by atoms with Crippen LogP contribution in [0.15, 0.2) is 30.3 Å². The molecule has 5 nitrogen and oxygen atoms in total. The van der Waals surface area contributed by atoms with Gasteiger partial charge in [0.05, 0.1) is 14.2 Å². The van der Waals surface area contributed by atoms with Crippen LogP contribution in [0, 0.1) is 0 Å². The van der Waals surface area contributed by atoms with E-state index in [-0.39, 0.29) is 18.8 Å². The normalized spacial score (nSPS) is 21.3. The summed E-state index contributed by atoms with van der Waals surface area (Å²) in [6.07, 6.45) is 1.96. The first-order valence-corrected chi connectivity index (χ1v) is 8.11. The summed E-state index contributed by atoms with van der Waals surface area (Å²) in [6, 6.07) is 10.1. The van der Waals surface area contributed by atoms with Crippen LogP contribution >= 0.6 is 0 Å². The summed E-state index contributed by atoms with van der Waals surface area (Å²) < 4.78 is 21.7. The van der Waals surface area contributed by atoms with Crippen LogP contribution < -0.4 is 24.7 Å². The maximum Gasteiger partial charge on any atom is 0.231 e. The molecule has 0 aromatic heterocycles. The first kappa shape index (κ1) is 15.1. The van der Waals surface area contributed by atoms with Crippen LogP contribution in [0.1, 0.15) is 35.1 Å². The van der Waals surface area contributed by atoms with Gasteiger partial charge in [-0.25, -0.2) is 0 Å². The van der Waals surface area contributed by atoms with E-state index in [0.29, 0.717) is 0 Å². The number of methoxy groups -OCH3 is 2. The predicted molar refractivity (Wildman–Crippen MR) is 90.1 cm³/mol. The lowest BCUT2D eigenvalue weighted by Gasteiger charge is -2.32. The largest absolute Gasteiger partial charge is 0.493 e. The number of aryl methyl sites for hydroxylation is 1. The van der Waals surface area contributed by atoms with Gasteiger partial charge in [0.15, 0.2) is 23.0 Å². The lowest BCUT2D eigenvalue weighted by molar-refractivity contribution is 0.174. The highest BCUT2D eigenvalue weighted by molar-refractivity contribution is 5.52. The molecule has 0 saturated heterocycles.